The largest absolute Gasteiger partial charge is 0.388 e. The first kappa shape index (κ1) is 14.8. The molecule has 1 unspecified atom stereocenters. The second-order valence-electron chi connectivity index (χ2n) is 6.77. The highest BCUT2D eigenvalue weighted by Gasteiger charge is 2.51. The van der Waals surface area contributed by atoms with Gasteiger partial charge < -0.3 is 10.0 Å². The first-order valence-electron chi connectivity index (χ1n) is 7.91. The van der Waals surface area contributed by atoms with Gasteiger partial charge in [0.05, 0.1) is 17.1 Å². The molecule has 0 bridgehead atoms. The van der Waals surface area contributed by atoms with Gasteiger partial charge in [0.1, 0.15) is 0 Å². The molecule has 1 saturated heterocycles. The zero-order valence-corrected chi connectivity index (χ0v) is 12.5. The first-order chi connectivity index (χ1) is 9.03. The van der Waals surface area contributed by atoms with Crippen LogP contribution in [0.25, 0.3) is 0 Å². The molecule has 1 aliphatic carbocycles. The highest BCUT2D eigenvalue weighted by atomic mass is 16.3. The standard InChI is InChI=1S/C16H28N2O/c1-14(2)18-11-6-9-16(19,10-12-18)15(13-17)7-4-3-5-8-15/h14,19H,3-12H2,1-2H3. The van der Waals surface area contributed by atoms with Crippen molar-refractivity contribution in [2.75, 3.05) is 13.1 Å². The molecule has 2 rings (SSSR count). The van der Waals surface area contributed by atoms with E-state index in [1.54, 1.807) is 0 Å². The molecular formula is C16H28N2O. The summed E-state index contributed by atoms with van der Waals surface area (Å²) < 4.78 is 0. The molecule has 0 aromatic heterocycles. The van der Waals surface area contributed by atoms with E-state index in [4.69, 9.17) is 0 Å². The van der Waals surface area contributed by atoms with Crippen molar-refractivity contribution in [2.24, 2.45) is 5.41 Å². The highest BCUT2D eigenvalue weighted by molar-refractivity contribution is 5.13. The number of rotatable bonds is 2. The molecule has 1 aliphatic heterocycles. The van der Waals surface area contributed by atoms with Crippen LogP contribution in [0.3, 0.4) is 0 Å². The minimum Gasteiger partial charge on any atom is -0.388 e. The summed E-state index contributed by atoms with van der Waals surface area (Å²) in [6, 6.07) is 3.06. The van der Waals surface area contributed by atoms with Gasteiger partial charge in [-0.2, -0.15) is 5.26 Å². The van der Waals surface area contributed by atoms with Gasteiger partial charge in [0, 0.05) is 12.6 Å². The van der Waals surface area contributed by atoms with Crippen LogP contribution in [-0.4, -0.2) is 34.7 Å². The Kier molecular flexibility index (Phi) is 4.53. The molecule has 0 aromatic carbocycles. The van der Waals surface area contributed by atoms with Crippen LogP contribution in [0.2, 0.25) is 0 Å². The van der Waals surface area contributed by atoms with E-state index in [2.05, 4.69) is 24.8 Å². The van der Waals surface area contributed by atoms with Gasteiger partial charge in [0.25, 0.3) is 0 Å². The summed E-state index contributed by atoms with van der Waals surface area (Å²) in [5.74, 6) is 0. The van der Waals surface area contributed by atoms with Crippen LogP contribution in [0, 0.1) is 16.7 Å². The molecule has 19 heavy (non-hydrogen) atoms. The number of hydrogen-bond donors (Lipinski definition) is 1. The Morgan fingerprint density at radius 1 is 1.00 bits per heavy atom. The molecular weight excluding hydrogens is 236 g/mol. The van der Waals surface area contributed by atoms with Crippen LogP contribution in [0.1, 0.15) is 65.2 Å². The van der Waals surface area contributed by atoms with E-state index >= 15 is 0 Å². The summed E-state index contributed by atoms with van der Waals surface area (Å²) in [5.41, 5.74) is -1.23. The fraction of sp³-hybridized carbons (Fsp3) is 0.938. The molecule has 2 fully saturated rings. The van der Waals surface area contributed by atoms with E-state index < -0.39 is 11.0 Å². The lowest BCUT2D eigenvalue weighted by molar-refractivity contribution is -0.0827. The second-order valence-corrected chi connectivity index (χ2v) is 6.77. The van der Waals surface area contributed by atoms with Gasteiger partial charge >= 0.3 is 0 Å². The van der Waals surface area contributed by atoms with E-state index in [-0.39, 0.29) is 0 Å². The predicted molar refractivity (Wildman–Crippen MR) is 76.6 cm³/mol. The second kappa shape index (κ2) is 5.81. The monoisotopic (exact) mass is 264 g/mol. The maximum Gasteiger partial charge on any atom is 0.0860 e. The number of likely N-dealkylation sites (tertiary alicyclic amines) is 1. The topological polar surface area (TPSA) is 47.3 Å². The molecule has 1 N–H and O–H groups in total. The molecule has 0 spiro atoms. The zero-order valence-electron chi connectivity index (χ0n) is 12.5. The fourth-order valence-corrected chi connectivity index (χ4v) is 3.97. The Morgan fingerprint density at radius 2 is 1.68 bits per heavy atom. The van der Waals surface area contributed by atoms with Crippen LogP contribution < -0.4 is 0 Å². The lowest BCUT2D eigenvalue weighted by Gasteiger charge is -2.45. The van der Waals surface area contributed by atoms with Crippen LogP contribution in [0.4, 0.5) is 0 Å². The predicted octanol–water partition coefficient (Wildman–Crippen LogP) is 3.09. The number of nitriles is 1. The minimum absolute atomic E-state index is 0.474. The molecule has 2 aliphatic rings. The van der Waals surface area contributed by atoms with Gasteiger partial charge in [-0.05, 0) is 52.5 Å². The maximum atomic E-state index is 11.2. The van der Waals surface area contributed by atoms with Crippen molar-refractivity contribution in [2.45, 2.75) is 76.9 Å². The van der Waals surface area contributed by atoms with Crippen molar-refractivity contribution in [1.29, 1.82) is 5.26 Å². The quantitative estimate of drug-likeness (QED) is 0.833. The van der Waals surface area contributed by atoms with E-state index in [1.807, 2.05) is 0 Å². The van der Waals surface area contributed by atoms with Gasteiger partial charge in [-0.3, -0.25) is 0 Å². The number of aliphatic hydroxyl groups is 1. The van der Waals surface area contributed by atoms with E-state index in [0.717, 1.165) is 58.0 Å². The molecule has 3 nitrogen and oxygen atoms in total. The smallest absolute Gasteiger partial charge is 0.0860 e. The summed E-state index contributed by atoms with van der Waals surface area (Å²) in [7, 11) is 0. The average Bonchev–Trinajstić information content (AvgIpc) is 2.63. The van der Waals surface area contributed by atoms with Crippen LogP contribution in [-0.2, 0) is 0 Å². The summed E-state index contributed by atoms with van der Waals surface area (Å²) in [4.78, 5) is 2.44. The number of nitrogens with zero attached hydrogens (tertiary/aromatic N) is 2. The van der Waals surface area contributed by atoms with Crippen LogP contribution in [0.15, 0.2) is 0 Å². The van der Waals surface area contributed by atoms with Crippen LogP contribution >= 0.6 is 0 Å². The van der Waals surface area contributed by atoms with E-state index in [1.165, 1.54) is 6.42 Å². The van der Waals surface area contributed by atoms with E-state index in [9.17, 15) is 10.4 Å². The third kappa shape index (κ3) is 2.80. The third-order valence-corrected chi connectivity index (χ3v) is 5.39. The molecule has 0 radical (unpaired) electrons. The van der Waals surface area contributed by atoms with Crippen molar-refractivity contribution in [3.63, 3.8) is 0 Å². The van der Waals surface area contributed by atoms with Gasteiger partial charge in [-0.15, -0.1) is 0 Å². The van der Waals surface area contributed by atoms with Crippen LogP contribution in [0.5, 0.6) is 0 Å². The van der Waals surface area contributed by atoms with Crippen molar-refractivity contribution in [3.8, 4) is 6.07 Å². The minimum atomic E-state index is -0.758. The van der Waals surface area contributed by atoms with Crippen molar-refractivity contribution in [1.82, 2.24) is 4.90 Å². The lowest BCUT2D eigenvalue weighted by Crippen LogP contribution is -2.49. The van der Waals surface area contributed by atoms with E-state index in [0.29, 0.717) is 6.04 Å². The Labute approximate surface area is 117 Å². The summed E-state index contributed by atoms with van der Waals surface area (Å²) in [6.45, 7) is 6.41. The number of hydrogen-bond acceptors (Lipinski definition) is 3. The SMILES string of the molecule is CC(C)N1CCCC(O)(C2(C#N)CCCCC2)CC1. The molecule has 1 atom stereocenters. The summed E-state index contributed by atoms with van der Waals surface area (Å²) in [6.07, 6.45) is 7.77. The zero-order chi connectivity index (χ0) is 13.9. The normalized spacial score (nSPS) is 32.8. The highest BCUT2D eigenvalue weighted by Crippen LogP contribution is 2.49. The Morgan fingerprint density at radius 3 is 2.26 bits per heavy atom. The van der Waals surface area contributed by atoms with Gasteiger partial charge in [-0.25, -0.2) is 0 Å². The average molecular weight is 264 g/mol. The fourth-order valence-electron chi connectivity index (χ4n) is 3.97. The van der Waals surface area contributed by atoms with Gasteiger partial charge in [-0.1, -0.05) is 19.3 Å². The molecule has 1 saturated carbocycles. The molecule has 0 amide bonds. The Hall–Kier alpha value is -0.590. The first-order valence-corrected chi connectivity index (χ1v) is 7.91. The summed E-state index contributed by atoms with van der Waals surface area (Å²) in [5, 5.41) is 20.9. The lowest BCUT2D eigenvalue weighted by atomic mass is 9.61. The van der Waals surface area contributed by atoms with Gasteiger partial charge in [0.15, 0.2) is 0 Å². The molecule has 1 heterocycles. The Bertz CT molecular complexity index is 341. The van der Waals surface area contributed by atoms with Crippen molar-refractivity contribution in [3.05, 3.63) is 0 Å². The van der Waals surface area contributed by atoms with Crippen molar-refractivity contribution >= 4 is 0 Å². The Balaban J connectivity index is 2.15. The third-order valence-electron chi connectivity index (χ3n) is 5.39. The van der Waals surface area contributed by atoms with Gasteiger partial charge in [0.2, 0.25) is 0 Å². The van der Waals surface area contributed by atoms with Crippen molar-refractivity contribution < 1.29 is 5.11 Å². The summed E-state index contributed by atoms with van der Waals surface area (Å²) >= 11 is 0. The molecule has 0 aromatic rings. The molecule has 3 heteroatoms. The molecule has 108 valence electrons. The maximum absolute atomic E-state index is 11.2.